The largest absolute Gasteiger partial charge is 0.433 e. The van der Waals surface area contributed by atoms with E-state index in [1.54, 1.807) is 0 Å². The van der Waals surface area contributed by atoms with E-state index in [4.69, 9.17) is 0 Å². The third kappa shape index (κ3) is 4.53. The summed E-state index contributed by atoms with van der Waals surface area (Å²) in [6, 6.07) is 10.7. The smallest absolute Gasteiger partial charge is 0.301 e. The van der Waals surface area contributed by atoms with Crippen LogP contribution < -0.4 is 5.32 Å². The average Bonchev–Trinajstić information content (AvgIpc) is 3.16. The number of pyridine rings is 1. The highest BCUT2D eigenvalue weighted by Crippen LogP contribution is 2.34. The first-order chi connectivity index (χ1) is 14.9. The van der Waals surface area contributed by atoms with Gasteiger partial charge in [-0.25, -0.2) is 13.4 Å². The molecule has 0 saturated carbocycles. The van der Waals surface area contributed by atoms with Crippen molar-refractivity contribution in [2.45, 2.75) is 43.0 Å². The number of halogens is 3. The average molecular weight is 484 g/mol. The molecule has 1 N–H and O–H groups in total. The number of carbonyl (C=O) groups excluding carboxylic acids is 1. The van der Waals surface area contributed by atoms with Crippen LogP contribution in [0.2, 0.25) is 0 Å². The molecule has 0 aliphatic heterocycles. The normalized spacial score (nSPS) is 12.6. The van der Waals surface area contributed by atoms with E-state index < -0.39 is 37.3 Å². The summed E-state index contributed by atoms with van der Waals surface area (Å²) in [4.78, 5) is 21.0. The molecule has 32 heavy (non-hydrogen) atoms. The van der Waals surface area contributed by atoms with Gasteiger partial charge in [-0.05, 0) is 32.4 Å². The number of benzene rings is 1. The van der Waals surface area contributed by atoms with Gasteiger partial charge in [0.05, 0.1) is 10.6 Å². The molecule has 0 bridgehead atoms. The van der Waals surface area contributed by atoms with Crippen LogP contribution >= 0.6 is 11.3 Å². The topological polar surface area (TPSA) is 89.0 Å². The van der Waals surface area contributed by atoms with Gasteiger partial charge in [-0.2, -0.15) is 13.2 Å². The van der Waals surface area contributed by atoms with E-state index in [1.165, 1.54) is 25.2 Å². The SMILES string of the molecule is CCc1sc(NC(=O)C(C)(C)S(=O)(=O)c2ccc(C(F)(F)F)nc2)nc1-c1ccccc1. The van der Waals surface area contributed by atoms with Crippen molar-refractivity contribution in [3.63, 3.8) is 0 Å². The van der Waals surface area contributed by atoms with Gasteiger partial charge in [0.2, 0.25) is 5.91 Å². The molecule has 6 nitrogen and oxygen atoms in total. The van der Waals surface area contributed by atoms with Crippen LogP contribution in [0.25, 0.3) is 11.3 Å². The maximum Gasteiger partial charge on any atom is 0.433 e. The Morgan fingerprint density at radius 1 is 1.09 bits per heavy atom. The van der Waals surface area contributed by atoms with E-state index in [2.05, 4.69) is 15.3 Å². The fourth-order valence-electron chi connectivity index (χ4n) is 2.84. The summed E-state index contributed by atoms with van der Waals surface area (Å²) in [5.74, 6) is -0.853. The lowest BCUT2D eigenvalue weighted by molar-refractivity contribution is -0.141. The van der Waals surface area contributed by atoms with E-state index in [-0.39, 0.29) is 5.13 Å². The standard InChI is InChI=1S/C21H20F3N3O3S2/c1-4-15-17(13-8-6-5-7-9-13)26-19(31-15)27-18(28)20(2,3)32(29,30)14-10-11-16(25-12-14)21(22,23)24/h5-12H,4H2,1-3H3,(H,26,27,28). The second-order valence-corrected chi connectivity index (χ2v) is 10.9. The zero-order valence-corrected chi connectivity index (χ0v) is 19.0. The van der Waals surface area contributed by atoms with Gasteiger partial charge >= 0.3 is 6.18 Å². The molecule has 0 unspecified atom stereocenters. The summed E-state index contributed by atoms with van der Waals surface area (Å²) < 4.78 is 62.2. The van der Waals surface area contributed by atoms with Crippen molar-refractivity contribution in [3.05, 3.63) is 59.2 Å². The summed E-state index contributed by atoms with van der Waals surface area (Å²) in [6.07, 6.45) is -3.43. The third-order valence-corrected chi connectivity index (χ3v) is 8.35. The molecule has 0 radical (unpaired) electrons. The minimum atomic E-state index is -4.70. The first-order valence-corrected chi connectivity index (χ1v) is 11.8. The number of anilines is 1. The lowest BCUT2D eigenvalue weighted by Crippen LogP contribution is -2.44. The molecule has 3 rings (SSSR count). The van der Waals surface area contributed by atoms with Crippen molar-refractivity contribution in [2.75, 3.05) is 5.32 Å². The van der Waals surface area contributed by atoms with Gasteiger partial charge in [-0.3, -0.25) is 9.78 Å². The molecule has 3 aromatic rings. The number of aryl methyl sites for hydroxylation is 1. The van der Waals surface area contributed by atoms with Crippen molar-refractivity contribution in [1.29, 1.82) is 0 Å². The Kier molecular flexibility index (Phi) is 6.43. The molecule has 0 saturated heterocycles. The van der Waals surface area contributed by atoms with Gasteiger partial charge in [0.25, 0.3) is 0 Å². The predicted octanol–water partition coefficient (Wildman–Crippen LogP) is 4.98. The zero-order chi connectivity index (χ0) is 23.7. The molecule has 0 spiro atoms. The molecule has 0 aliphatic rings. The lowest BCUT2D eigenvalue weighted by Gasteiger charge is -2.23. The quantitative estimate of drug-likeness (QED) is 0.534. The molecule has 11 heteroatoms. The number of aromatic nitrogens is 2. The van der Waals surface area contributed by atoms with E-state index in [9.17, 15) is 26.4 Å². The van der Waals surface area contributed by atoms with Crippen LogP contribution in [0.15, 0.2) is 53.6 Å². The Hall–Kier alpha value is -2.79. The highest BCUT2D eigenvalue weighted by atomic mass is 32.2. The summed E-state index contributed by atoms with van der Waals surface area (Å²) in [7, 11) is -4.35. The Balaban J connectivity index is 1.88. The van der Waals surface area contributed by atoms with E-state index in [1.807, 2.05) is 37.3 Å². The Morgan fingerprint density at radius 2 is 1.75 bits per heavy atom. The first kappa shape index (κ1) is 23.9. The summed E-state index contributed by atoms with van der Waals surface area (Å²) in [5.41, 5.74) is 0.340. The number of amides is 1. The highest BCUT2D eigenvalue weighted by molar-refractivity contribution is 7.93. The van der Waals surface area contributed by atoms with Crippen LogP contribution in [0, 0.1) is 0 Å². The minimum Gasteiger partial charge on any atom is -0.301 e. The van der Waals surface area contributed by atoms with E-state index in [0.29, 0.717) is 24.4 Å². The Morgan fingerprint density at radius 3 is 2.28 bits per heavy atom. The maximum absolute atomic E-state index is 13.0. The molecule has 0 atom stereocenters. The monoisotopic (exact) mass is 483 g/mol. The molecule has 1 aromatic carbocycles. The predicted molar refractivity (Wildman–Crippen MR) is 116 cm³/mol. The Bertz CT molecular complexity index is 1220. The van der Waals surface area contributed by atoms with Crippen LogP contribution in [-0.4, -0.2) is 29.0 Å². The van der Waals surface area contributed by atoms with Crippen LogP contribution in [0.1, 0.15) is 31.3 Å². The molecule has 0 fully saturated rings. The molecule has 2 heterocycles. The number of carbonyl (C=O) groups is 1. The van der Waals surface area contributed by atoms with Crippen molar-refractivity contribution < 1.29 is 26.4 Å². The van der Waals surface area contributed by atoms with Crippen LogP contribution in [-0.2, 0) is 27.2 Å². The van der Waals surface area contributed by atoms with Crippen LogP contribution in [0.4, 0.5) is 18.3 Å². The van der Waals surface area contributed by atoms with Gasteiger partial charge in [-0.15, -0.1) is 11.3 Å². The number of hydrogen-bond donors (Lipinski definition) is 1. The van der Waals surface area contributed by atoms with Crippen molar-refractivity contribution >= 4 is 32.2 Å². The van der Waals surface area contributed by atoms with Crippen molar-refractivity contribution in [2.24, 2.45) is 0 Å². The first-order valence-electron chi connectivity index (χ1n) is 9.52. The van der Waals surface area contributed by atoms with Gasteiger partial charge in [0, 0.05) is 16.6 Å². The molecule has 2 aromatic heterocycles. The maximum atomic E-state index is 13.0. The molecule has 1 amide bonds. The molecule has 0 aliphatic carbocycles. The third-order valence-electron chi connectivity index (χ3n) is 4.84. The zero-order valence-electron chi connectivity index (χ0n) is 17.4. The van der Waals surface area contributed by atoms with E-state index >= 15 is 0 Å². The summed E-state index contributed by atoms with van der Waals surface area (Å²) in [6.45, 7) is 4.31. The number of sulfone groups is 1. The van der Waals surface area contributed by atoms with Crippen LogP contribution in [0.5, 0.6) is 0 Å². The van der Waals surface area contributed by atoms with Gasteiger partial charge < -0.3 is 5.32 Å². The second kappa shape index (κ2) is 8.62. The minimum absolute atomic E-state index is 0.236. The van der Waals surface area contributed by atoms with Crippen molar-refractivity contribution in [3.8, 4) is 11.3 Å². The Labute approximate surface area is 187 Å². The molecular formula is C21H20F3N3O3S2. The number of thiazole rings is 1. The van der Waals surface area contributed by atoms with Crippen molar-refractivity contribution in [1.82, 2.24) is 9.97 Å². The van der Waals surface area contributed by atoms with Gasteiger partial charge in [0.1, 0.15) is 10.4 Å². The highest BCUT2D eigenvalue weighted by Gasteiger charge is 2.44. The van der Waals surface area contributed by atoms with Gasteiger partial charge in [-0.1, -0.05) is 37.3 Å². The fourth-order valence-corrected chi connectivity index (χ4v) is 5.08. The van der Waals surface area contributed by atoms with Gasteiger partial charge in [0.15, 0.2) is 15.0 Å². The number of hydrogen-bond acceptors (Lipinski definition) is 6. The summed E-state index contributed by atoms with van der Waals surface area (Å²) >= 11 is 1.23. The lowest BCUT2D eigenvalue weighted by atomic mass is 10.1. The van der Waals surface area contributed by atoms with Crippen LogP contribution in [0.3, 0.4) is 0 Å². The summed E-state index contributed by atoms with van der Waals surface area (Å²) in [5, 5.41) is 2.78. The number of nitrogens with zero attached hydrogens (tertiary/aromatic N) is 2. The fraction of sp³-hybridized carbons (Fsp3) is 0.286. The van der Waals surface area contributed by atoms with E-state index in [0.717, 1.165) is 16.5 Å². The molecular weight excluding hydrogens is 463 g/mol. The number of nitrogens with one attached hydrogen (secondary N) is 1. The number of alkyl halides is 3. The molecule has 170 valence electrons. The number of rotatable bonds is 6. The second-order valence-electron chi connectivity index (χ2n) is 7.36.